The van der Waals surface area contributed by atoms with Gasteiger partial charge in [-0.3, -0.25) is 0 Å². The summed E-state index contributed by atoms with van der Waals surface area (Å²) in [5, 5.41) is 1.55. The topological polar surface area (TPSA) is 0 Å². The Kier molecular flexibility index (Phi) is 2.52. The molecule has 0 aliphatic heterocycles. The van der Waals surface area contributed by atoms with E-state index in [0.717, 1.165) is 5.20 Å². The molecule has 0 unspecified atom stereocenters. The average Bonchev–Trinajstić information content (AvgIpc) is 1.62. The lowest BCUT2D eigenvalue weighted by Gasteiger charge is -2.37. The third-order valence-corrected chi connectivity index (χ3v) is 8.28. The van der Waals surface area contributed by atoms with Gasteiger partial charge < -0.3 is 0 Å². The van der Waals surface area contributed by atoms with Crippen LogP contribution in [-0.4, -0.2) is 8.07 Å². The maximum atomic E-state index is 3.94. The molecule has 0 spiro atoms. The molecular weight excluding hydrogens is 136 g/mol. The van der Waals surface area contributed by atoms with Crippen molar-refractivity contribution in [1.29, 1.82) is 0 Å². The molecule has 0 rings (SSSR count). The fourth-order valence-corrected chi connectivity index (χ4v) is 1.59. The van der Waals surface area contributed by atoms with Crippen molar-refractivity contribution in [1.82, 2.24) is 0 Å². The third kappa shape index (κ3) is 1.72. The van der Waals surface area contributed by atoms with Gasteiger partial charge in [0.05, 0.1) is 8.07 Å². The van der Waals surface area contributed by atoms with Crippen LogP contribution >= 0.6 is 0 Å². The van der Waals surface area contributed by atoms with Gasteiger partial charge in [0.25, 0.3) is 0 Å². The molecule has 0 amide bonds. The van der Waals surface area contributed by atoms with E-state index in [1.807, 2.05) is 0 Å². The molecular formula is C9H19Si. The highest BCUT2D eigenvalue weighted by molar-refractivity contribution is 6.86. The van der Waals surface area contributed by atoms with Crippen molar-refractivity contribution in [2.24, 2.45) is 0 Å². The Morgan fingerprint density at radius 3 is 1.50 bits per heavy atom. The Bertz CT molecular complexity index is 137. The van der Waals surface area contributed by atoms with E-state index >= 15 is 0 Å². The van der Waals surface area contributed by atoms with Crippen LogP contribution in [0.3, 0.4) is 0 Å². The molecule has 0 saturated heterocycles. The molecule has 0 N–H and O–H groups in total. The van der Waals surface area contributed by atoms with Gasteiger partial charge in [-0.15, -0.1) is 6.58 Å². The lowest BCUT2D eigenvalue weighted by Crippen LogP contribution is -2.38. The minimum atomic E-state index is -1.29. The van der Waals surface area contributed by atoms with Crippen molar-refractivity contribution in [3.05, 3.63) is 18.7 Å². The molecule has 0 saturated carbocycles. The zero-order chi connectivity index (χ0) is 8.58. The van der Waals surface area contributed by atoms with Crippen LogP contribution in [0.1, 0.15) is 20.8 Å². The minimum absolute atomic E-state index is 0.395. The van der Waals surface area contributed by atoms with Crippen LogP contribution in [0.2, 0.25) is 18.1 Å². The maximum Gasteiger partial charge on any atom is 0.0800 e. The van der Waals surface area contributed by atoms with Crippen LogP contribution in [0.5, 0.6) is 0 Å². The Labute approximate surface area is 66.4 Å². The molecule has 0 aromatic carbocycles. The quantitative estimate of drug-likeness (QED) is 0.509. The highest BCUT2D eigenvalue weighted by Crippen LogP contribution is 2.39. The first-order valence-electron chi connectivity index (χ1n) is 3.71. The second-order valence-electron chi connectivity index (χ2n) is 4.48. The van der Waals surface area contributed by atoms with Crippen LogP contribution in [0.4, 0.5) is 0 Å². The summed E-state index contributed by atoms with van der Waals surface area (Å²) in [6.45, 7) is 19.4. The van der Waals surface area contributed by atoms with E-state index in [4.69, 9.17) is 0 Å². The summed E-state index contributed by atoms with van der Waals surface area (Å²) in [5.41, 5.74) is 0. The zero-order valence-electron chi connectivity index (χ0n) is 7.91. The smallest absolute Gasteiger partial charge is 0.0800 e. The predicted octanol–water partition coefficient (Wildman–Crippen LogP) is 3.42. The summed E-state index contributed by atoms with van der Waals surface area (Å²) in [7, 11) is -1.29. The summed E-state index contributed by atoms with van der Waals surface area (Å²) < 4.78 is 0. The second-order valence-corrected chi connectivity index (χ2v) is 9.94. The summed E-state index contributed by atoms with van der Waals surface area (Å²) >= 11 is 0. The van der Waals surface area contributed by atoms with Crippen molar-refractivity contribution in [3.63, 3.8) is 0 Å². The average molecular weight is 155 g/mol. The molecule has 0 bridgehead atoms. The molecule has 0 aromatic heterocycles. The molecule has 0 aliphatic rings. The van der Waals surface area contributed by atoms with E-state index < -0.39 is 8.07 Å². The standard InChI is InChI=1S/C9H19Si/c1-8(2)10(6,7)9(3,4)5/h1-2H2,3-7H3. The van der Waals surface area contributed by atoms with Gasteiger partial charge in [0.15, 0.2) is 0 Å². The number of allylic oxidation sites excluding steroid dienone is 1. The van der Waals surface area contributed by atoms with Crippen molar-refractivity contribution in [3.8, 4) is 0 Å². The van der Waals surface area contributed by atoms with Crippen LogP contribution in [0.25, 0.3) is 0 Å². The first-order valence-corrected chi connectivity index (χ1v) is 6.71. The Morgan fingerprint density at radius 2 is 1.50 bits per heavy atom. The van der Waals surface area contributed by atoms with E-state index in [0.29, 0.717) is 5.04 Å². The van der Waals surface area contributed by atoms with Gasteiger partial charge in [-0.25, -0.2) is 0 Å². The van der Waals surface area contributed by atoms with Crippen LogP contribution in [-0.2, 0) is 0 Å². The Balaban J connectivity index is 4.57. The second kappa shape index (κ2) is 2.53. The van der Waals surface area contributed by atoms with Gasteiger partial charge in [-0.05, 0) is 12.0 Å². The first-order chi connectivity index (χ1) is 4.19. The molecule has 10 heavy (non-hydrogen) atoms. The lowest BCUT2D eigenvalue weighted by atomic mass is 10.2. The maximum absolute atomic E-state index is 3.94. The van der Waals surface area contributed by atoms with E-state index in [2.05, 4.69) is 47.4 Å². The van der Waals surface area contributed by atoms with Gasteiger partial charge in [0.1, 0.15) is 0 Å². The monoisotopic (exact) mass is 155 g/mol. The normalized spacial score (nSPS) is 13.4. The number of rotatable bonds is 1. The van der Waals surface area contributed by atoms with Gasteiger partial charge in [0.2, 0.25) is 0 Å². The van der Waals surface area contributed by atoms with Gasteiger partial charge >= 0.3 is 0 Å². The van der Waals surface area contributed by atoms with Gasteiger partial charge in [-0.1, -0.05) is 39.1 Å². The molecule has 1 radical (unpaired) electrons. The molecule has 59 valence electrons. The van der Waals surface area contributed by atoms with Crippen molar-refractivity contribution < 1.29 is 0 Å². The summed E-state index contributed by atoms with van der Waals surface area (Å²) in [4.78, 5) is 0. The first kappa shape index (κ1) is 9.96. The summed E-state index contributed by atoms with van der Waals surface area (Å²) in [6, 6.07) is 0. The number of hydrogen-bond acceptors (Lipinski definition) is 0. The van der Waals surface area contributed by atoms with Crippen molar-refractivity contribution in [2.75, 3.05) is 0 Å². The molecule has 0 nitrogen and oxygen atoms in total. The molecule has 1 heteroatoms. The Hall–Kier alpha value is -0.0431. The van der Waals surface area contributed by atoms with Crippen LogP contribution < -0.4 is 0 Å². The summed E-state index contributed by atoms with van der Waals surface area (Å²) in [6.07, 6.45) is 0. The van der Waals surface area contributed by atoms with Crippen molar-refractivity contribution in [2.45, 2.75) is 38.9 Å². The van der Waals surface area contributed by atoms with E-state index in [-0.39, 0.29) is 0 Å². The van der Waals surface area contributed by atoms with Crippen LogP contribution in [0, 0.1) is 6.92 Å². The largest absolute Gasteiger partial charge is 0.104 e. The zero-order valence-corrected chi connectivity index (χ0v) is 8.91. The molecule has 0 aliphatic carbocycles. The van der Waals surface area contributed by atoms with Crippen molar-refractivity contribution >= 4 is 8.07 Å². The van der Waals surface area contributed by atoms with Gasteiger partial charge in [0, 0.05) is 0 Å². The molecule has 0 aromatic rings. The highest BCUT2D eigenvalue weighted by atomic mass is 28.3. The van der Waals surface area contributed by atoms with Crippen LogP contribution in [0.15, 0.2) is 11.8 Å². The molecule has 0 atom stereocenters. The van der Waals surface area contributed by atoms with Gasteiger partial charge in [-0.2, -0.15) is 0 Å². The number of hydrogen-bond donors (Lipinski definition) is 0. The fourth-order valence-electron chi connectivity index (χ4n) is 0.530. The van der Waals surface area contributed by atoms with E-state index in [1.54, 1.807) is 0 Å². The fraction of sp³-hybridized carbons (Fsp3) is 0.667. The van der Waals surface area contributed by atoms with E-state index in [9.17, 15) is 0 Å². The summed E-state index contributed by atoms with van der Waals surface area (Å²) in [5.74, 6) is 0. The van der Waals surface area contributed by atoms with E-state index in [1.165, 1.54) is 0 Å². The Morgan fingerprint density at radius 1 is 1.20 bits per heavy atom. The minimum Gasteiger partial charge on any atom is -0.104 e. The SMILES string of the molecule is [CH2]C(=C)[Si](C)(C)C(C)(C)C. The predicted molar refractivity (Wildman–Crippen MR) is 51.7 cm³/mol. The molecule has 0 fully saturated rings. The third-order valence-electron chi connectivity index (χ3n) is 2.76. The highest BCUT2D eigenvalue weighted by Gasteiger charge is 2.35. The lowest BCUT2D eigenvalue weighted by molar-refractivity contribution is 0.726. The molecule has 0 heterocycles.